The highest BCUT2D eigenvalue weighted by molar-refractivity contribution is 9.10. The Balaban J connectivity index is 1.77. The maximum absolute atomic E-state index is 13.5. The van der Waals surface area contributed by atoms with Gasteiger partial charge >= 0.3 is 0 Å². The molecule has 4 rings (SSSR count). The second-order valence-corrected chi connectivity index (χ2v) is 8.07. The van der Waals surface area contributed by atoms with Gasteiger partial charge in [-0.3, -0.25) is 9.69 Å². The lowest BCUT2D eigenvalue weighted by molar-refractivity contribution is -0.113. The van der Waals surface area contributed by atoms with Crippen molar-refractivity contribution < 1.29 is 19.0 Å². The standard InChI is InChI=1S/C26H23BrN2O4/c1-4-33-21-12-10-20(11-13-21)29-25(18-6-8-19(27)9-7-18)28-22(26(29)30)15-17-5-14-23(31-2)24(16-17)32-3/h5-16H,4H2,1-3H3/b22-15+. The fourth-order valence-electron chi connectivity index (χ4n) is 3.51. The van der Waals surface area contributed by atoms with Crippen molar-refractivity contribution in [3.05, 3.63) is 88.0 Å². The van der Waals surface area contributed by atoms with Crippen LogP contribution in [0.2, 0.25) is 0 Å². The monoisotopic (exact) mass is 506 g/mol. The van der Waals surface area contributed by atoms with E-state index < -0.39 is 0 Å². The number of halogens is 1. The fraction of sp³-hybridized carbons (Fsp3) is 0.154. The molecule has 168 valence electrons. The van der Waals surface area contributed by atoms with Gasteiger partial charge in [-0.25, -0.2) is 4.99 Å². The first-order chi connectivity index (χ1) is 16.0. The van der Waals surface area contributed by atoms with Crippen molar-refractivity contribution in [2.24, 2.45) is 4.99 Å². The van der Waals surface area contributed by atoms with Crippen LogP contribution in [0.1, 0.15) is 18.1 Å². The number of aliphatic imine (C=N–C) groups is 1. The zero-order valence-electron chi connectivity index (χ0n) is 18.5. The molecule has 6 nitrogen and oxygen atoms in total. The molecule has 0 radical (unpaired) electrons. The highest BCUT2D eigenvalue weighted by Gasteiger charge is 2.32. The van der Waals surface area contributed by atoms with Crippen LogP contribution in [0.3, 0.4) is 0 Å². The first-order valence-corrected chi connectivity index (χ1v) is 11.2. The number of amidine groups is 1. The molecule has 3 aromatic rings. The zero-order valence-corrected chi connectivity index (χ0v) is 20.1. The summed E-state index contributed by atoms with van der Waals surface area (Å²) >= 11 is 3.46. The smallest absolute Gasteiger partial charge is 0.282 e. The molecule has 1 amide bonds. The van der Waals surface area contributed by atoms with E-state index in [9.17, 15) is 4.79 Å². The fourth-order valence-corrected chi connectivity index (χ4v) is 3.77. The van der Waals surface area contributed by atoms with Crippen LogP contribution in [0.5, 0.6) is 17.2 Å². The van der Waals surface area contributed by atoms with E-state index in [-0.39, 0.29) is 5.91 Å². The van der Waals surface area contributed by atoms with Crippen molar-refractivity contribution in [1.29, 1.82) is 0 Å². The first-order valence-electron chi connectivity index (χ1n) is 10.4. The van der Waals surface area contributed by atoms with Gasteiger partial charge in [0.1, 0.15) is 17.3 Å². The van der Waals surface area contributed by atoms with Gasteiger partial charge in [-0.05, 0) is 67.1 Å². The highest BCUT2D eigenvalue weighted by Crippen LogP contribution is 2.32. The van der Waals surface area contributed by atoms with Gasteiger partial charge in [-0.15, -0.1) is 0 Å². The Morgan fingerprint density at radius 3 is 2.27 bits per heavy atom. The lowest BCUT2D eigenvalue weighted by Crippen LogP contribution is -2.32. The average Bonchev–Trinajstić information content (AvgIpc) is 3.16. The number of carbonyl (C=O) groups excluding carboxylic acids is 1. The van der Waals surface area contributed by atoms with Gasteiger partial charge < -0.3 is 14.2 Å². The summed E-state index contributed by atoms with van der Waals surface area (Å²) in [5, 5.41) is 0. The van der Waals surface area contributed by atoms with Crippen LogP contribution < -0.4 is 19.1 Å². The van der Waals surface area contributed by atoms with Crippen LogP contribution in [0.15, 0.2) is 81.9 Å². The van der Waals surface area contributed by atoms with Crippen LogP contribution in [0, 0.1) is 0 Å². The van der Waals surface area contributed by atoms with E-state index >= 15 is 0 Å². The Morgan fingerprint density at radius 2 is 1.64 bits per heavy atom. The van der Waals surface area contributed by atoms with Gasteiger partial charge in [0.05, 0.1) is 26.5 Å². The molecule has 0 aromatic heterocycles. The van der Waals surface area contributed by atoms with Gasteiger partial charge in [0.15, 0.2) is 11.5 Å². The summed E-state index contributed by atoms with van der Waals surface area (Å²) < 4.78 is 17.2. The highest BCUT2D eigenvalue weighted by atomic mass is 79.9. The predicted octanol–water partition coefficient (Wildman–Crippen LogP) is 5.70. The lowest BCUT2D eigenvalue weighted by Gasteiger charge is -2.19. The maximum Gasteiger partial charge on any atom is 0.282 e. The number of nitrogens with zero attached hydrogens (tertiary/aromatic N) is 2. The Morgan fingerprint density at radius 1 is 0.939 bits per heavy atom. The second-order valence-electron chi connectivity index (χ2n) is 7.15. The van der Waals surface area contributed by atoms with Gasteiger partial charge in [0.2, 0.25) is 0 Å². The number of amides is 1. The average molecular weight is 507 g/mol. The third kappa shape index (κ3) is 4.78. The minimum absolute atomic E-state index is 0.216. The van der Waals surface area contributed by atoms with Crippen molar-refractivity contribution in [3.63, 3.8) is 0 Å². The molecular formula is C26H23BrN2O4. The molecule has 0 bridgehead atoms. The summed E-state index contributed by atoms with van der Waals surface area (Å²) in [6, 6.07) is 20.6. The minimum Gasteiger partial charge on any atom is -0.494 e. The molecule has 0 saturated heterocycles. The summed E-state index contributed by atoms with van der Waals surface area (Å²) in [4.78, 5) is 19.8. The van der Waals surface area contributed by atoms with E-state index in [1.807, 2.05) is 67.6 Å². The molecule has 0 fully saturated rings. The summed E-state index contributed by atoms with van der Waals surface area (Å²) in [6.45, 7) is 2.51. The number of hydrogen-bond donors (Lipinski definition) is 0. The molecule has 1 aliphatic rings. The number of ether oxygens (including phenoxy) is 3. The normalized spacial score (nSPS) is 14.4. The van der Waals surface area contributed by atoms with E-state index in [4.69, 9.17) is 19.2 Å². The Bertz CT molecular complexity index is 1220. The van der Waals surface area contributed by atoms with Crippen LogP contribution in [0.4, 0.5) is 5.69 Å². The minimum atomic E-state index is -0.216. The van der Waals surface area contributed by atoms with Crippen LogP contribution >= 0.6 is 15.9 Å². The number of anilines is 1. The second kappa shape index (κ2) is 9.92. The quantitative estimate of drug-likeness (QED) is 0.385. The van der Waals surface area contributed by atoms with Gasteiger partial charge in [-0.2, -0.15) is 0 Å². The van der Waals surface area contributed by atoms with E-state index in [0.29, 0.717) is 35.3 Å². The molecule has 1 heterocycles. The summed E-state index contributed by atoms with van der Waals surface area (Å²) in [6.07, 6.45) is 1.75. The van der Waals surface area contributed by atoms with E-state index in [1.165, 1.54) is 0 Å². The molecule has 0 N–H and O–H groups in total. The summed E-state index contributed by atoms with van der Waals surface area (Å²) in [5.74, 6) is 2.29. The molecule has 3 aromatic carbocycles. The topological polar surface area (TPSA) is 60.4 Å². The van der Waals surface area contributed by atoms with Crippen LogP contribution in [0.25, 0.3) is 6.08 Å². The van der Waals surface area contributed by atoms with Crippen LogP contribution in [-0.2, 0) is 4.79 Å². The number of rotatable bonds is 7. The Kier molecular flexibility index (Phi) is 6.79. The maximum atomic E-state index is 13.5. The molecule has 33 heavy (non-hydrogen) atoms. The SMILES string of the molecule is CCOc1ccc(N2C(=O)/C(=C\c3ccc(OC)c(OC)c3)N=C2c2ccc(Br)cc2)cc1. The van der Waals surface area contributed by atoms with Crippen molar-refractivity contribution in [3.8, 4) is 17.2 Å². The largest absolute Gasteiger partial charge is 0.494 e. The Hall–Kier alpha value is -3.58. The van der Waals surface area contributed by atoms with Gasteiger partial charge in [0.25, 0.3) is 5.91 Å². The van der Waals surface area contributed by atoms with Crippen LogP contribution in [-0.4, -0.2) is 32.6 Å². The van der Waals surface area contributed by atoms with E-state index in [0.717, 1.165) is 21.3 Å². The zero-order chi connectivity index (χ0) is 23.4. The molecule has 7 heteroatoms. The number of methoxy groups -OCH3 is 2. The molecule has 1 aliphatic heterocycles. The molecule has 0 atom stereocenters. The first kappa shape index (κ1) is 22.6. The van der Waals surface area contributed by atoms with Crippen molar-refractivity contribution in [1.82, 2.24) is 0 Å². The summed E-state index contributed by atoms with van der Waals surface area (Å²) in [5.41, 5.74) is 2.65. The Labute approximate surface area is 201 Å². The molecule has 0 unspecified atom stereocenters. The van der Waals surface area contributed by atoms with E-state index in [2.05, 4.69) is 15.9 Å². The van der Waals surface area contributed by atoms with E-state index in [1.54, 1.807) is 31.3 Å². The third-order valence-electron chi connectivity index (χ3n) is 5.08. The predicted molar refractivity (Wildman–Crippen MR) is 133 cm³/mol. The molecular weight excluding hydrogens is 484 g/mol. The lowest BCUT2D eigenvalue weighted by atomic mass is 10.1. The number of hydrogen-bond acceptors (Lipinski definition) is 5. The molecule has 0 aliphatic carbocycles. The van der Waals surface area contributed by atoms with Gasteiger partial charge in [-0.1, -0.05) is 34.1 Å². The van der Waals surface area contributed by atoms with Crippen molar-refractivity contribution >= 4 is 39.4 Å². The molecule has 0 spiro atoms. The number of benzene rings is 3. The number of carbonyl (C=O) groups is 1. The summed E-state index contributed by atoms with van der Waals surface area (Å²) in [7, 11) is 3.16. The molecule has 0 saturated carbocycles. The van der Waals surface area contributed by atoms with Gasteiger partial charge in [0, 0.05) is 10.0 Å². The van der Waals surface area contributed by atoms with Crippen molar-refractivity contribution in [2.75, 3.05) is 25.7 Å². The van der Waals surface area contributed by atoms with Crippen molar-refractivity contribution in [2.45, 2.75) is 6.92 Å². The third-order valence-corrected chi connectivity index (χ3v) is 5.61.